The molecule has 0 saturated heterocycles. The van der Waals surface area contributed by atoms with E-state index in [1.807, 2.05) is 20.8 Å². The Kier molecular flexibility index (Phi) is 3.33. The minimum Gasteiger partial charge on any atom is -0.324 e. The summed E-state index contributed by atoms with van der Waals surface area (Å²) in [6.07, 6.45) is -4.35. The van der Waals surface area contributed by atoms with Gasteiger partial charge in [0.25, 0.3) is 0 Å². The molecule has 0 spiro atoms. The fraction of sp³-hybridized carbons (Fsp3) is 0.500. The van der Waals surface area contributed by atoms with Gasteiger partial charge in [0.15, 0.2) is 0 Å². The number of alkyl halides is 3. The highest BCUT2D eigenvalue weighted by atomic mass is 19.4. The second-order valence-electron chi connectivity index (χ2n) is 4.93. The van der Waals surface area contributed by atoms with Crippen LogP contribution in [0.4, 0.5) is 13.2 Å². The average Bonchev–Trinajstić information content (AvgIpc) is 2.14. The number of hydrogen-bond acceptors (Lipinski definition) is 1. The van der Waals surface area contributed by atoms with E-state index >= 15 is 0 Å². The van der Waals surface area contributed by atoms with Crippen molar-refractivity contribution in [3.8, 4) is 0 Å². The van der Waals surface area contributed by atoms with Crippen molar-refractivity contribution in [2.75, 3.05) is 0 Å². The summed E-state index contributed by atoms with van der Waals surface area (Å²) in [5, 5.41) is 0. The zero-order valence-corrected chi connectivity index (χ0v) is 9.60. The molecule has 1 nitrogen and oxygen atoms in total. The topological polar surface area (TPSA) is 26.0 Å². The Morgan fingerprint density at radius 1 is 1.06 bits per heavy atom. The fourth-order valence-electron chi connectivity index (χ4n) is 1.49. The molecule has 1 aromatic carbocycles. The summed E-state index contributed by atoms with van der Waals surface area (Å²) in [6, 6.07) is 4.84. The van der Waals surface area contributed by atoms with Gasteiger partial charge >= 0.3 is 6.18 Å². The molecule has 2 N–H and O–H groups in total. The van der Waals surface area contributed by atoms with Crippen molar-refractivity contribution in [1.82, 2.24) is 0 Å². The van der Waals surface area contributed by atoms with E-state index < -0.39 is 23.2 Å². The lowest BCUT2D eigenvalue weighted by Crippen LogP contribution is -2.28. The molecule has 0 aliphatic carbocycles. The van der Waals surface area contributed by atoms with Gasteiger partial charge in [-0.1, -0.05) is 39.0 Å². The van der Waals surface area contributed by atoms with Crippen molar-refractivity contribution in [3.63, 3.8) is 0 Å². The highest BCUT2D eigenvalue weighted by Crippen LogP contribution is 2.38. The predicted molar refractivity (Wildman–Crippen MR) is 57.8 cm³/mol. The molecule has 0 aliphatic rings. The van der Waals surface area contributed by atoms with Gasteiger partial charge in [0.1, 0.15) is 0 Å². The molecule has 1 atom stereocenters. The number of hydrogen-bond donors (Lipinski definition) is 1. The van der Waals surface area contributed by atoms with E-state index in [1.54, 1.807) is 6.07 Å². The normalized spacial score (nSPS) is 14.9. The minimum atomic E-state index is -4.35. The number of halogens is 3. The van der Waals surface area contributed by atoms with E-state index in [1.165, 1.54) is 12.1 Å². The molecule has 90 valence electrons. The van der Waals surface area contributed by atoms with Gasteiger partial charge in [-0.05, 0) is 17.0 Å². The van der Waals surface area contributed by atoms with Crippen LogP contribution in [0.5, 0.6) is 0 Å². The standard InChI is InChI=1S/C12H16F3N/c1-11(2,3)10(16)8-6-4-5-7-9(8)12(13,14)15/h4-7,10H,16H2,1-3H3/t10-/m1/s1. The van der Waals surface area contributed by atoms with Crippen LogP contribution >= 0.6 is 0 Å². The number of benzene rings is 1. The maximum Gasteiger partial charge on any atom is 0.416 e. The minimum absolute atomic E-state index is 0.155. The summed E-state index contributed by atoms with van der Waals surface area (Å²) >= 11 is 0. The molecule has 0 aliphatic heterocycles. The number of nitrogens with two attached hydrogens (primary N) is 1. The molecule has 0 saturated carbocycles. The van der Waals surface area contributed by atoms with Gasteiger partial charge in [-0.25, -0.2) is 0 Å². The molecule has 0 heterocycles. The summed E-state index contributed by atoms with van der Waals surface area (Å²) in [7, 11) is 0. The van der Waals surface area contributed by atoms with Gasteiger partial charge in [-0.15, -0.1) is 0 Å². The van der Waals surface area contributed by atoms with Crippen molar-refractivity contribution in [2.24, 2.45) is 11.1 Å². The third kappa shape index (κ3) is 2.76. The molecular formula is C12H16F3N. The van der Waals surface area contributed by atoms with E-state index in [9.17, 15) is 13.2 Å². The first-order valence-electron chi connectivity index (χ1n) is 5.05. The monoisotopic (exact) mass is 231 g/mol. The second kappa shape index (κ2) is 4.09. The van der Waals surface area contributed by atoms with E-state index in [-0.39, 0.29) is 5.56 Å². The lowest BCUT2D eigenvalue weighted by atomic mass is 9.81. The van der Waals surface area contributed by atoms with Gasteiger partial charge < -0.3 is 5.73 Å². The highest BCUT2D eigenvalue weighted by molar-refractivity contribution is 5.33. The lowest BCUT2D eigenvalue weighted by Gasteiger charge is -2.29. The average molecular weight is 231 g/mol. The van der Waals surface area contributed by atoms with Crippen LogP contribution in [0, 0.1) is 5.41 Å². The predicted octanol–water partition coefficient (Wildman–Crippen LogP) is 3.75. The highest BCUT2D eigenvalue weighted by Gasteiger charge is 2.36. The largest absolute Gasteiger partial charge is 0.416 e. The van der Waals surface area contributed by atoms with Crippen molar-refractivity contribution in [1.29, 1.82) is 0 Å². The smallest absolute Gasteiger partial charge is 0.324 e. The van der Waals surface area contributed by atoms with Crippen molar-refractivity contribution < 1.29 is 13.2 Å². The van der Waals surface area contributed by atoms with Crippen LogP contribution in [0.25, 0.3) is 0 Å². The van der Waals surface area contributed by atoms with Crippen molar-refractivity contribution in [3.05, 3.63) is 35.4 Å². The lowest BCUT2D eigenvalue weighted by molar-refractivity contribution is -0.138. The Labute approximate surface area is 93.5 Å². The molecule has 0 aromatic heterocycles. The zero-order valence-electron chi connectivity index (χ0n) is 9.60. The van der Waals surface area contributed by atoms with Crippen LogP contribution in [0.2, 0.25) is 0 Å². The van der Waals surface area contributed by atoms with E-state index in [4.69, 9.17) is 5.73 Å². The SMILES string of the molecule is CC(C)(C)[C@H](N)c1ccccc1C(F)(F)F. The summed E-state index contributed by atoms with van der Waals surface area (Å²) < 4.78 is 38.2. The van der Waals surface area contributed by atoms with Crippen LogP contribution in [0.3, 0.4) is 0 Å². The summed E-state index contributed by atoms with van der Waals surface area (Å²) in [5.74, 6) is 0. The molecule has 0 bridgehead atoms. The fourth-order valence-corrected chi connectivity index (χ4v) is 1.49. The van der Waals surface area contributed by atoms with Crippen LogP contribution in [-0.4, -0.2) is 0 Å². The van der Waals surface area contributed by atoms with E-state index in [2.05, 4.69) is 0 Å². The molecule has 0 amide bonds. The molecule has 0 radical (unpaired) electrons. The molecule has 0 fully saturated rings. The molecule has 1 rings (SSSR count). The Balaban J connectivity index is 3.25. The van der Waals surface area contributed by atoms with Gasteiger partial charge in [0.2, 0.25) is 0 Å². The van der Waals surface area contributed by atoms with Crippen LogP contribution in [0.15, 0.2) is 24.3 Å². The Hall–Kier alpha value is -1.03. The van der Waals surface area contributed by atoms with Crippen LogP contribution in [0.1, 0.15) is 37.9 Å². The molecule has 0 unspecified atom stereocenters. The van der Waals surface area contributed by atoms with Crippen molar-refractivity contribution in [2.45, 2.75) is 33.0 Å². The van der Waals surface area contributed by atoms with Crippen LogP contribution in [-0.2, 0) is 6.18 Å². The maximum atomic E-state index is 12.7. The maximum absolute atomic E-state index is 12.7. The Morgan fingerprint density at radius 3 is 2.00 bits per heavy atom. The Bertz CT molecular complexity index is 363. The van der Waals surface area contributed by atoms with E-state index in [0.717, 1.165) is 6.07 Å². The first kappa shape index (κ1) is 13.0. The third-order valence-corrected chi connectivity index (χ3v) is 2.53. The second-order valence-corrected chi connectivity index (χ2v) is 4.93. The van der Waals surface area contributed by atoms with Crippen molar-refractivity contribution >= 4 is 0 Å². The quantitative estimate of drug-likeness (QED) is 0.782. The van der Waals surface area contributed by atoms with Crippen LogP contribution < -0.4 is 5.73 Å². The third-order valence-electron chi connectivity index (χ3n) is 2.53. The zero-order chi connectivity index (χ0) is 12.6. The summed E-state index contributed by atoms with van der Waals surface area (Å²) in [4.78, 5) is 0. The Morgan fingerprint density at radius 2 is 1.56 bits per heavy atom. The first-order valence-corrected chi connectivity index (χ1v) is 5.05. The summed E-state index contributed by atoms with van der Waals surface area (Å²) in [5.41, 5.74) is 4.98. The first-order chi connectivity index (χ1) is 7.14. The van der Waals surface area contributed by atoms with Gasteiger partial charge in [0.05, 0.1) is 5.56 Å². The molecular weight excluding hydrogens is 215 g/mol. The summed E-state index contributed by atoms with van der Waals surface area (Å²) in [6.45, 7) is 5.47. The van der Waals surface area contributed by atoms with E-state index in [0.29, 0.717) is 0 Å². The van der Waals surface area contributed by atoms with Gasteiger partial charge in [-0.2, -0.15) is 13.2 Å². The van der Waals surface area contributed by atoms with Gasteiger partial charge in [-0.3, -0.25) is 0 Å². The van der Waals surface area contributed by atoms with Gasteiger partial charge in [0, 0.05) is 6.04 Å². The molecule has 4 heteroatoms. The molecule has 16 heavy (non-hydrogen) atoms. The number of rotatable bonds is 1. The molecule has 1 aromatic rings.